The van der Waals surface area contributed by atoms with Crippen molar-refractivity contribution in [3.63, 3.8) is 0 Å². The SMILES string of the molecule is O=C(COC(=O)c1ccccc1NC(=O)c1ccco1)c1ccc2c(c1)OCO2. The Kier molecular flexibility index (Phi) is 4.98. The van der Waals surface area contributed by atoms with E-state index < -0.39 is 24.3 Å². The topological polar surface area (TPSA) is 104 Å². The third-order valence-electron chi connectivity index (χ3n) is 4.17. The van der Waals surface area contributed by atoms with Crippen molar-refractivity contribution in [1.29, 1.82) is 0 Å². The van der Waals surface area contributed by atoms with E-state index >= 15 is 0 Å². The van der Waals surface area contributed by atoms with Crippen molar-refractivity contribution in [2.45, 2.75) is 0 Å². The summed E-state index contributed by atoms with van der Waals surface area (Å²) in [6.07, 6.45) is 1.37. The van der Waals surface area contributed by atoms with Crippen molar-refractivity contribution in [1.82, 2.24) is 0 Å². The highest BCUT2D eigenvalue weighted by atomic mass is 16.7. The molecule has 2 aromatic carbocycles. The maximum Gasteiger partial charge on any atom is 0.340 e. The number of rotatable bonds is 6. The Morgan fingerprint density at radius 2 is 1.79 bits per heavy atom. The van der Waals surface area contributed by atoms with Gasteiger partial charge in [-0.15, -0.1) is 0 Å². The number of para-hydroxylation sites is 1. The van der Waals surface area contributed by atoms with Gasteiger partial charge in [-0.3, -0.25) is 9.59 Å². The summed E-state index contributed by atoms with van der Waals surface area (Å²) in [5, 5.41) is 2.59. The number of nitrogens with one attached hydrogen (secondary N) is 1. The fraction of sp³-hybridized carbons (Fsp3) is 0.0952. The van der Waals surface area contributed by atoms with Crippen LogP contribution in [0.3, 0.4) is 0 Å². The zero-order chi connectivity index (χ0) is 20.2. The molecule has 1 aliphatic heterocycles. The number of carbonyl (C=O) groups excluding carboxylic acids is 3. The molecule has 1 aromatic heterocycles. The van der Waals surface area contributed by atoms with Gasteiger partial charge in [-0.05, 0) is 42.5 Å². The molecule has 0 saturated heterocycles. The number of esters is 1. The summed E-state index contributed by atoms with van der Waals surface area (Å²) in [6, 6.07) is 14.1. The molecule has 2 heterocycles. The van der Waals surface area contributed by atoms with Crippen molar-refractivity contribution in [2.75, 3.05) is 18.7 Å². The molecule has 4 rings (SSSR count). The number of amides is 1. The molecule has 1 N–H and O–H groups in total. The normalized spacial score (nSPS) is 11.7. The van der Waals surface area contributed by atoms with Gasteiger partial charge in [-0.2, -0.15) is 0 Å². The van der Waals surface area contributed by atoms with Gasteiger partial charge in [0.25, 0.3) is 5.91 Å². The van der Waals surface area contributed by atoms with Crippen molar-refractivity contribution in [3.8, 4) is 11.5 Å². The average molecular weight is 393 g/mol. The van der Waals surface area contributed by atoms with Crippen molar-refractivity contribution in [2.24, 2.45) is 0 Å². The number of ketones is 1. The molecule has 8 nitrogen and oxygen atoms in total. The van der Waals surface area contributed by atoms with Crippen molar-refractivity contribution >= 4 is 23.3 Å². The minimum Gasteiger partial charge on any atom is -0.459 e. The average Bonchev–Trinajstić information content (AvgIpc) is 3.43. The Morgan fingerprint density at radius 1 is 0.966 bits per heavy atom. The van der Waals surface area contributed by atoms with E-state index in [0.717, 1.165) is 0 Å². The molecule has 0 atom stereocenters. The Morgan fingerprint density at radius 3 is 2.62 bits per heavy atom. The first kappa shape index (κ1) is 18.3. The molecule has 0 unspecified atom stereocenters. The predicted octanol–water partition coefficient (Wildman–Crippen LogP) is 3.30. The number of ether oxygens (including phenoxy) is 3. The van der Waals surface area contributed by atoms with E-state index in [1.807, 2.05) is 0 Å². The highest BCUT2D eigenvalue weighted by molar-refractivity contribution is 6.07. The van der Waals surface area contributed by atoms with Crippen LogP contribution in [-0.4, -0.2) is 31.1 Å². The maximum absolute atomic E-state index is 12.5. The molecule has 0 spiro atoms. The summed E-state index contributed by atoms with van der Waals surface area (Å²) in [4.78, 5) is 37.0. The number of hydrogen-bond acceptors (Lipinski definition) is 7. The first-order valence-electron chi connectivity index (χ1n) is 8.65. The van der Waals surface area contributed by atoms with E-state index in [9.17, 15) is 14.4 Å². The summed E-state index contributed by atoms with van der Waals surface area (Å²) in [5.41, 5.74) is 0.696. The van der Waals surface area contributed by atoms with Crippen molar-refractivity contribution < 1.29 is 33.0 Å². The van der Waals surface area contributed by atoms with Crippen LogP contribution >= 0.6 is 0 Å². The molecule has 0 fully saturated rings. The Labute approximate surface area is 165 Å². The third kappa shape index (κ3) is 3.96. The lowest BCUT2D eigenvalue weighted by molar-refractivity contribution is 0.0475. The third-order valence-corrected chi connectivity index (χ3v) is 4.17. The van der Waals surface area contributed by atoms with Gasteiger partial charge in [0.2, 0.25) is 6.79 Å². The monoisotopic (exact) mass is 393 g/mol. The van der Waals surface area contributed by atoms with Crippen LogP contribution in [-0.2, 0) is 4.74 Å². The lowest BCUT2D eigenvalue weighted by Gasteiger charge is -2.10. The number of furan rings is 1. The molecule has 1 amide bonds. The second-order valence-corrected chi connectivity index (χ2v) is 6.04. The highest BCUT2D eigenvalue weighted by Gasteiger charge is 2.20. The van der Waals surface area contributed by atoms with Crippen LogP contribution in [0.4, 0.5) is 5.69 Å². The van der Waals surface area contributed by atoms with Gasteiger partial charge in [0.15, 0.2) is 29.6 Å². The molecule has 146 valence electrons. The van der Waals surface area contributed by atoms with E-state index in [4.69, 9.17) is 18.6 Å². The molecule has 1 aliphatic rings. The van der Waals surface area contributed by atoms with Crippen LogP contribution < -0.4 is 14.8 Å². The Hall–Kier alpha value is -4.07. The van der Waals surface area contributed by atoms with Crippen LogP contribution in [0.1, 0.15) is 31.3 Å². The molecule has 0 saturated carbocycles. The van der Waals surface area contributed by atoms with E-state index in [1.54, 1.807) is 36.4 Å². The first-order valence-corrected chi connectivity index (χ1v) is 8.65. The van der Waals surface area contributed by atoms with E-state index in [2.05, 4.69) is 5.32 Å². The Balaban J connectivity index is 1.42. The number of hydrogen-bond donors (Lipinski definition) is 1. The number of benzene rings is 2. The van der Waals surface area contributed by atoms with Crippen LogP contribution in [0.5, 0.6) is 11.5 Å². The van der Waals surface area contributed by atoms with Crippen LogP contribution in [0.2, 0.25) is 0 Å². The summed E-state index contributed by atoms with van der Waals surface area (Å²) < 4.78 is 20.6. The minimum absolute atomic E-state index is 0.0997. The van der Waals surface area contributed by atoms with E-state index in [0.29, 0.717) is 17.1 Å². The van der Waals surface area contributed by atoms with Gasteiger partial charge in [0.05, 0.1) is 17.5 Å². The van der Waals surface area contributed by atoms with Crippen LogP contribution in [0, 0.1) is 0 Å². The molecular weight excluding hydrogens is 378 g/mol. The maximum atomic E-state index is 12.5. The molecule has 29 heavy (non-hydrogen) atoms. The van der Waals surface area contributed by atoms with Crippen molar-refractivity contribution in [3.05, 3.63) is 77.7 Å². The fourth-order valence-electron chi connectivity index (χ4n) is 2.72. The van der Waals surface area contributed by atoms with Gasteiger partial charge in [0.1, 0.15) is 0 Å². The number of carbonyl (C=O) groups is 3. The Bertz CT molecular complexity index is 1070. The fourth-order valence-corrected chi connectivity index (χ4v) is 2.72. The molecule has 3 aromatic rings. The summed E-state index contributed by atoms with van der Waals surface area (Å²) in [5.74, 6) is -0.519. The molecule has 0 radical (unpaired) electrons. The summed E-state index contributed by atoms with van der Waals surface area (Å²) in [6.45, 7) is -0.360. The molecular formula is C21H15NO7. The summed E-state index contributed by atoms with van der Waals surface area (Å²) >= 11 is 0. The van der Waals surface area contributed by atoms with Gasteiger partial charge in [-0.1, -0.05) is 12.1 Å². The number of anilines is 1. The standard InChI is InChI=1S/C21H15NO7/c23-16(13-7-8-17-19(10-13)29-12-28-17)11-27-21(25)14-4-1-2-5-15(14)22-20(24)18-6-3-9-26-18/h1-10H,11-12H2,(H,22,24). The van der Waals surface area contributed by atoms with Gasteiger partial charge in [0, 0.05) is 5.56 Å². The predicted molar refractivity (Wildman–Crippen MR) is 100 cm³/mol. The van der Waals surface area contributed by atoms with Gasteiger partial charge in [-0.25, -0.2) is 4.79 Å². The minimum atomic E-state index is -0.741. The first-order chi connectivity index (χ1) is 14.1. The largest absolute Gasteiger partial charge is 0.459 e. The van der Waals surface area contributed by atoms with Crippen LogP contribution in [0.15, 0.2) is 65.3 Å². The summed E-state index contributed by atoms with van der Waals surface area (Å²) in [7, 11) is 0. The van der Waals surface area contributed by atoms with Crippen LogP contribution in [0.25, 0.3) is 0 Å². The van der Waals surface area contributed by atoms with E-state index in [-0.39, 0.29) is 23.8 Å². The molecule has 8 heteroatoms. The van der Waals surface area contributed by atoms with Gasteiger partial charge < -0.3 is 23.9 Å². The second kappa shape index (κ2) is 7.89. The lowest BCUT2D eigenvalue weighted by Crippen LogP contribution is -2.18. The smallest absolute Gasteiger partial charge is 0.340 e. The number of fused-ring (bicyclic) bond motifs is 1. The lowest BCUT2D eigenvalue weighted by atomic mass is 10.1. The zero-order valence-corrected chi connectivity index (χ0v) is 15.0. The molecule has 0 bridgehead atoms. The van der Waals surface area contributed by atoms with Gasteiger partial charge >= 0.3 is 5.97 Å². The highest BCUT2D eigenvalue weighted by Crippen LogP contribution is 2.32. The second-order valence-electron chi connectivity index (χ2n) is 6.04. The quantitative estimate of drug-likeness (QED) is 0.506. The zero-order valence-electron chi connectivity index (χ0n) is 15.0. The molecule has 0 aliphatic carbocycles. The van der Waals surface area contributed by atoms with E-state index in [1.165, 1.54) is 24.5 Å². The number of Topliss-reactive ketones (excluding diaryl/α,β-unsaturated/α-hetero) is 1.